The molecule has 0 aromatic heterocycles. The number of hydrogen-bond acceptors (Lipinski definition) is 3. The van der Waals surface area contributed by atoms with Crippen molar-refractivity contribution in [1.82, 2.24) is 0 Å². The standard InChI is InChI=1S/C32H19O3P/c33-36-29-12-6-5-11-26(29)34-28-18-16-24(23-14-13-20-7-1-2-9-22(20)19-23)30(32(28)36)35-27-17-15-21-8-3-4-10-25(21)31(27)36/h1-19H. The second kappa shape index (κ2) is 7.10. The van der Waals surface area contributed by atoms with Crippen molar-refractivity contribution in [3.63, 3.8) is 0 Å². The number of hydrogen-bond donors (Lipinski definition) is 0. The summed E-state index contributed by atoms with van der Waals surface area (Å²) < 4.78 is 28.6. The Morgan fingerprint density at radius 3 is 2.14 bits per heavy atom. The van der Waals surface area contributed by atoms with Crippen molar-refractivity contribution >= 4 is 44.6 Å². The van der Waals surface area contributed by atoms with Crippen molar-refractivity contribution in [1.29, 1.82) is 0 Å². The van der Waals surface area contributed by atoms with E-state index < -0.39 is 7.14 Å². The van der Waals surface area contributed by atoms with Crippen LogP contribution >= 0.6 is 7.14 Å². The minimum Gasteiger partial charge on any atom is -0.456 e. The van der Waals surface area contributed by atoms with Crippen molar-refractivity contribution in [2.75, 3.05) is 0 Å². The van der Waals surface area contributed by atoms with Gasteiger partial charge in [-0.25, -0.2) is 0 Å². The van der Waals surface area contributed by atoms with Gasteiger partial charge < -0.3 is 14.0 Å². The number of ether oxygens (including phenoxy) is 2. The van der Waals surface area contributed by atoms with E-state index in [1.165, 1.54) is 5.39 Å². The lowest BCUT2D eigenvalue weighted by Gasteiger charge is -2.36. The minimum atomic E-state index is -3.31. The van der Waals surface area contributed by atoms with E-state index in [1.807, 2.05) is 78.9 Å². The Labute approximate surface area is 207 Å². The van der Waals surface area contributed by atoms with E-state index in [9.17, 15) is 0 Å². The second-order valence-corrected chi connectivity index (χ2v) is 11.9. The molecule has 2 aliphatic heterocycles. The monoisotopic (exact) mass is 482 g/mol. The van der Waals surface area contributed by atoms with Gasteiger partial charge in [0.1, 0.15) is 28.3 Å². The molecule has 0 spiro atoms. The van der Waals surface area contributed by atoms with Gasteiger partial charge in [0, 0.05) is 5.56 Å². The highest BCUT2D eigenvalue weighted by atomic mass is 31.2. The first-order valence-electron chi connectivity index (χ1n) is 12.0. The van der Waals surface area contributed by atoms with Crippen molar-refractivity contribution in [2.45, 2.75) is 0 Å². The summed E-state index contributed by atoms with van der Waals surface area (Å²) in [4.78, 5) is 0. The van der Waals surface area contributed by atoms with E-state index >= 15 is 4.57 Å². The molecular formula is C32H19O3P. The Morgan fingerprint density at radius 2 is 1.22 bits per heavy atom. The molecule has 6 aromatic carbocycles. The molecule has 6 aromatic rings. The lowest BCUT2D eigenvalue weighted by molar-refractivity contribution is 0.463. The maximum Gasteiger partial charge on any atom is 0.186 e. The summed E-state index contributed by atoms with van der Waals surface area (Å²) in [5, 5.41) is 6.42. The third-order valence-electron chi connectivity index (χ3n) is 7.28. The number of para-hydroxylation sites is 1. The maximum absolute atomic E-state index is 15.6. The first kappa shape index (κ1) is 19.9. The molecule has 0 aliphatic carbocycles. The Kier molecular flexibility index (Phi) is 3.93. The van der Waals surface area contributed by atoms with Crippen LogP contribution in [0.4, 0.5) is 0 Å². The van der Waals surface area contributed by atoms with E-state index in [0.29, 0.717) is 28.3 Å². The summed E-state index contributed by atoms with van der Waals surface area (Å²) in [6, 6.07) is 38.4. The van der Waals surface area contributed by atoms with Gasteiger partial charge in [-0.15, -0.1) is 0 Å². The van der Waals surface area contributed by atoms with Gasteiger partial charge in [-0.2, -0.15) is 0 Å². The van der Waals surface area contributed by atoms with Crippen LogP contribution in [0.2, 0.25) is 0 Å². The predicted molar refractivity (Wildman–Crippen MR) is 146 cm³/mol. The largest absolute Gasteiger partial charge is 0.456 e. The summed E-state index contributed by atoms with van der Waals surface area (Å²) in [6.07, 6.45) is 0. The molecule has 170 valence electrons. The molecule has 0 N–H and O–H groups in total. The number of benzene rings is 6. The molecule has 1 atom stereocenters. The van der Waals surface area contributed by atoms with Crippen LogP contribution in [0.1, 0.15) is 0 Å². The molecule has 2 heterocycles. The molecule has 3 nitrogen and oxygen atoms in total. The molecular weight excluding hydrogens is 463 g/mol. The normalized spacial score (nSPS) is 17.0. The van der Waals surface area contributed by atoms with Crippen LogP contribution in [0.25, 0.3) is 32.7 Å². The molecule has 0 saturated heterocycles. The molecule has 36 heavy (non-hydrogen) atoms. The number of fused-ring (bicyclic) bond motifs is 7. The molecule has 0 bridgehead atoms. The van der Waals surface area contributed by atoms with Crippen LogP contribution in [0.5, 0.6) is 23.0 Å². The van der Waals surface area contributed by atoms with Gasteiger partial charge in [0.2, 0.25) is 0 Å². The van der Waals surface area contributed by atoms with Crippen molar-refractivity contribution in [3.8, 4) is 34.1 Å². The zero-order valence-corrected chi connectivity index (χ0v) is 20.0. The van der Waals surface area contributed by atoms with E-state index in [1.54, 1.807) is 0 Å². The topological polar surface area (TPSA) is 35.5 Å². The highest BCUT2D eigenvalue weighted by molar-refractivity contribution is 7.86. The molecule has 0 amide bonds. The average molecular weight is 482 g/mol. The quantitative estimate of drug-likeness (QED) is 0.227. The zero-order chi connectivity index (χ0) is 23.9. The van der Waals surface area contributed by atoms with Crippen LogP contribution in [0.15, 0.2) is 115 Å². The van der Waals surface area contributed by atoms with Crippen LogP contribution in [0.3, 0.4) is 0 Å². The summed E-state index contributed by atoms with van der Waals surface area (Å²) in [6.45, 7) is 0. The van der Waals surface area contributed by atoms with Gasteiger partial charge >= 0.3 is 0 Å². The zero-order valence-electron chi connectivity index (χ0n) is 19.1. The fourth-order valence-corrected chi connectivity index (χ4v) is 8.94. The van der Waals surface area contributed by atoms with Crippen LogP contribution in [-0.2, 0) is 4.57 Å². The Balaban J connectivity index is 1.49. The molecule has 0 radical (unpaired) electrons. The molecule has 0 fully saturated rings. The molecule has 1 unspecified atom stereocenters. The Morgan fingerprint density at radius 1 is 0.528 bits per heavy atom. The van der Waals surface area contributed by atoms with E-state index in [2.05, 4.69) is 36.4 Å². The van der Waals surface area contributed by atoms with Crippen molar-refractivity contribution in [2.24, 2.45) is 0 Å². The lowest BCUT2D eigenvalue weighted by atomic mass is 10.00. The van der Waals surface area contributed by atoms with Crippen molar-refractivity contribution < 1.29 is 14.0 Å². The summed E-state index contributed by atoms with van der Waals surface area (Å²) in [5.41, 5.74) is 1.92. The van der Waals surface area contributed by atoms with Crippen LogP contribution in [-0.4, -0.2) is 0 Å². The summed E-state index contributed by atoms with van der Waals surface area (Å²) in [5.74, 6) is 2.48. The highest BCUT2D eigenvalue weighted by Crippen LogP contribution is 2.60. The molecule has 2 aliphatic rings. The average Bonchev–Trinajstić information content (AvgIpc) is 2.92. The molecule has 0 saturated carbocycles. The third-order valence-corrected chi connectivity index (χ3v) is 10.5. The lowest BCUT2D eigenvalue weighted by Crippen LogP contribution is -2.35. The van der Waals surface area contributed by atoms with Gasteiger partial charge in [0.05, 0.1) is 10.6 Å². The number of rotatable bonds is 1. The maximum atomic E-state index is 15.6. The van der Waals surface area contributed by atoms with E-state index in [4.69, 9.17) is 9.47 Å². The third kappa shape index (κ3) is 2.56. The molecule has 8 rings (SSSR count). The minimum absolute atomic E-state index is 0.593. The van der Waals surface area contributed by atoms with Gasteiger partial charge in [-0.1, -0.05) is 78.9 Å². The molecule has 4 heteroatoms. The SMILES string of the molecule is O=P12c3ccccc3Oc3ccc(-c4ccc5ccccc5c4)c(c31)Oc1ccc3ccccc3c12. The summed E-state index contributed by atoms with van der Waals surface area (Å²) >= 11 is 0. The summed E-state index contributed by atoms with van der Waals surface area (Å²) in [7, 11) is -3.31. The van der Waals surface area contributed by atoms with Gasteiger partial charge in [0.25, 0.3) is 0 Å². The van der Waals surface area contributed by atoms with Crippen molar-refractivity contribution in [3.05, 3.63) is 115 Å². The van der Waals surface area contributed by atoms with Crippen LogP contribution < -0.4 is 25.4 Å². The van der Waals surface area contributed by atoms with Gasteiger partial charge in [-0.3, -0.25) is 0 Å². The van der Waals surface area contributed by atoms with E-state index in [-0.39, 0.29) is 0 Å². The van der Waals surface area contributed by atoms with Gasteiger partial charge in [-0.05, 0) is 63.5 Å². The highest BCUT2D eigenvalue weighted by Gasteiger charge is 2.48. The second-order valence-electron chi connectivity index (χ2n) is 9.27. The first-order valence-corrected chi connectivity index (χ1v) is 13.7. The Bertz CT molecular complexity index is 1940. The van der Waals surface area contributed by atoms with E-state index in [0.717, 1.165) is 37.9 Å². The van der Waals surface area contributed by atoms with Crippen LogP contribution in [0, 0.1) is 0 Å². The first-order chi connectivity index (χ1) is 17.7. The smallest absolute Gasteiger partial charge is 0.186 e. The van der Waals surface area contributed by atoms with Gasteiger partial charge in [0.15, 0.2) is 7.14 Å². The fraction of sp³-hybridized carbons (Fsp3) is 0. The predicted octanol–water partition coefficient (Wildman–Crippen LogP) is 7.51. The fourth-order valence-electron chi connectivity index (χ4n) is 5.65. The Hall–Kier alpha value is -4.33.